The van der Waals surface area contributed by atoms with Gasteiger partial charge in [0.15, 0.2) is 0 Å². The second kappa shape index (κ2) is 14.2. The van der Waals surface area contributed by atoms with E-state index >= 15 is 0 Å². The number of alkyl halides is 6. The Balaban J connectivity index is 1.22. The molecule has 5 aliphatic rings. The lowest BCUT2D eigenvalue weighted by molar-refractivity contribution is -0.205. The van der Waals surface area contributed by atoms with Crippen molar-refractivity contribution in [1.82, 2.24) is 30.0 Å². The summed E-state index contributed by atoms with van der Waals surface area (Å²) in [5.74, 6) is -6.11. The van der Waals surface area contributed by atoms with E-state index in [2.05, 4.69) is 15.3 Å². The molecule has 6 rings (SSSR count). The molecule has 1 saturated carbocycles. The van der Waals surface area contributed by atoms with Crippen molar-refractivity contribution in [3.05, 3.63) is 18.1 Å². The van der Waals surface area contributed by atoms with Crippen molar-refractivity contribution in [2.24, 2.45) is 28.6 Å². The quantitative estimate of drug-likeness (QED) is 0.363. The maximum absolute atomic E-state index is 14.3. The highest BCUT2D eigenvalue weighted by atomic mass is 19.4. The molecule has 2 N–H and O–H groups in total. The van der Waals surface area contributed by atoms with Crippen molar-refractivity contribution in [2.45, 2.75) is 69.9 Å². The van der Waals surface area contributed by atoms with Crippen molar-refractivity contribution >= 4 is 23.6 Å². The summed E-state index contributed by atoms with van der Waals surface area (Å²) in [7, 11) is 0. The van der Waals surface area contributed by atoms with E-state index in [1.807, 2.05) is 0 Å². The number of nitrogens with zero attached hydrogens (tertiary/aromatic N) is 5. The summed E-state index contributed by atoms with van der Waals surface area (Å²) in [4.78, 5) is 65.9. The second-order valence-corrected chi connectivity index (χ2v) is 14.8. The van der Waals surface area contributed by atoms with Crippen LogP contribution in [0.5, 0.6) is 5.88 Å². The van der Waals surface area contributed by atoms with E-state index in [0.717, 1.165) is 17.3 Å². The Hall–Kier alpha value is -3.74. The van der Waals surface area contributed by atoms with E-state index in [9.17, 15) is 50.6 Å². The number of hydrogen-bond acceptors (Lipinski definition) is 9. The van der Waals surface area contributed by atoms with E-state index < -0.39 is 76.7 Å². The minimum absolute atomic E-state index is 0.121. The third kappa shape index (κ3) is 7.52. The number of piperidine rings is 1. The van der Waals surface area contributed by atoms with Gasteiger partial charge < -0.3 is 34.6 Å². The van der Waals surface area contributed by atoms with Crippen LogP contribution in [-0.2, 0) is 23.9 Å². The first kappa shape index (κ1) is 38.0. The SMILES string of the molecule is C[C@@H](OCC1CCOCC1)[C@H](NC(=O)[C@@H]1CN(C(=O)c2cnc(O)cn2)CC12CN(C(=O)C1(C(F)(F)F)CC1)C2)C(=O)N1CCC(C(F)(F)F)CC1. The van der Waals surface area contributed by atoms with Gasteiger partial charge in [-0.05, 0) is 51.4 Å². The molecule has 0 radical (unpaired) electrons. The second-order valence-electron chi connectivity index (χ2n) is 14.8. The Morgan fingerprint density at radius 2 is 1.60 bits per heavy atom. The molecule has 1 aliphatic carbocycles. The van der Waals surface area contributed by atoms with Crippen molar-refractivity contribution < 1.29 is 60.1 Å². The molecule has 0 bridgehead atoms. The number of likely N-dealkylation sites (tertiary alicyclic amines) is 3. The summed E-state index contributed by atoms with van der Waals surface area (Å²) in [6.45, 7) is 1.61. The molecule has 4 saturated heterocycles. The number of aromatic nitrogens is 2. The molecule has 5 fully saturated rings. The van der Waals surface area contributed by atoms with Gasteiger partial charge in [-0.3, -0.25) is 19.2 Å². The summed E-state index contributed by atoms with van der Waals surface area (Å²) in [5.41, 5.74) is -3.82. The molecular formula is C33H42F6N6O7. The van der Waals surface area contributed by atoms with Crippen LogP contribution >= 0.6 is 0 Å². The third-order valence-corrected chi connectivity index (χ3v) is 11.3. The number of hydrogen-bond donors (Lipinski definition) is 2. The van der Waals surface area contributed by atoms with E-state index in [4.69, 9.17) is 9.47 Å². The predicted octanol–water partition coefficient (Wildman–Crippen LogP) is 2.54. The topological polar surface area (TPSA) is 154 Å². The molecule has 1 spiro atoms. The molecule has 0 aromatic carbocycles. The highest BCUT2D eigenvalue weighted by Gasteiger charge is 2.71. The van der Waals surface area contributed by atoms with Gasteiger partial charge in [0.2, 0.25) is 23.6 Å². The Morgan fingerprint density at radius 3 is 2.15 bits per heavy atom. The molecule has 5 heterocycles. The fourth-order valence-corrected chi connectivity index (χ4v) is 7.86. The molecule has 3 atom stereocenters. The largest absolute Gasteiger partial charge is 0.492 e. The minimum atomic E-state index is -4.75. The molecule has 13 nitrogen and oxygen atoms in total. The molecule has 1 aromatic heterocycles. The van der Waals surface area contributed by atoms with Gasteiger partial charge in [0.1, 0.15) is 17.2 Å². The summed E-state index contributed by atoms with van der Waals surface area (Å²) in [6.07, 6.45) is -7.97. The summed E-state index contributed by atoms with van der Waals surface area (Å²) >= 11 is 0. The molecule has 4 aliphatic heterocycles. The predicted molar refractivity (Wildman–Crippen MR) is 166 cm³/mol. The van der Waals surface area contributed by atoms with Gasteiger partial charge in [-0.25, -0.2) is 9.97 Å². The fraction of sp³-hybridized carbons (Fsp3) is 0.758. The van der Waals surface area contributed by atoms with Gasteiger partial charge in [0, 0.05) is 57.9 Å². The van der Waals surface area contributed by atoms with E-state index in [-0.39, 0.29) is 83.2 Å². The van der Waals surface area contributed by atoms with Crippen LogP contribution in [0.25, 0.3) is 0 Å². The number of aromatic hydroxyl groups is 1. The average Bonchev–Trinajstić information content (AvgIpc) is 3.83. The normalized spacial score (nSPS) is 24.7. The monoisotopic (exact) mass is 748 g/mol. The smallest absolute Gasteiger partial charge is 0.403 e. The molecule has 1 aromatic rings. The van der Waals surface area contributed by atoms with E-state index in [1.54, 1.807) is 6.92 Å². The zero-order chi connectivity index (χ0) is 37.6. The van der Waals surface area contributed by atoms with Gasteiger partial charge in [0.25, 0.3) is 5.91 Å². The first-order chi connectivity index (χ1) is 24.4. The molecule has 4 amide bonds. The molecule has 19 heteroatoms. The molecule has 0 unspecified atom stereocenters. The zero-order valence-corrected chi connectivity index (χ0v) is 28.5. The standard InChI is InChI=1S/C33H42F6N6O7/c1-19(52-15-20-4-10-51-11-5-20)25(28(49)43-8-2-21(3-9-43)32(34,35)36)42-26(47)22-14-44(27(48)23-12-41-24(46)13-40-23)16-30(22)17-45(18-30)29(50)31(6-7-31)33(37,38)39/h12-13,19-22,25H,2-11,14-18H2,1H3,(H,41,46)(H,42,47)/t19-,22+,25+/m1/s1. The first-order valence-corrected chi connectivity index (χ1v) is 17.5. The van der Waals surface area contributed by atoms with Gasteiger partial charge in [-0.2, -0.15) is 26.3 Å². The third-order valence-electron chi connectivity index (χ3n) is 11.3. The maximum Gasteiger partial charge on any atom is 0.403 e. The van der Waals surface area contributed by atoms with E-state index in [0.29, 0.717) is 26.1 Å². The van der Waals surface area contributed by atoms with Crippen LogP contribution in [-0.4, -0.2) is 137 Å². The number of amides is 4. The van der Waals surface area contributed by atoms with E-state index in [1.165, 1.54) is 9.80 Å². The first-order valence-electron chi connectivity index (χ1n) is 17.5. The highest BCUT2D eigenvalue weighted by Crippen LogP contribution is 2.60. The van der Waals surface area contributed by atoms with Gasteiger partial charge >= 0.3 is 12.4 Å². The number of ether oxygens (including phenoxy) is 2. The van der Waals surface area contributed by atoms with Crippen molar-refractivity contribution in [3.8, 4) is 5.88 Å². The van der Waals surface area contributed by atoms with Crippen LogP contribution < -0.4 is 5.32 Å². The Morgan fingerprint density at radius 1 is 0.962 bits per heavy atom. The lowest BCUT2D eigenvalue weighted by Gasteiger charge is -2.51. The van der Waals surface area contributed by atoms with Crippen LogP contribution in [0, 0.1) is 28.6 Å². The summed E-state index contributed by atoms with van der Waals surface area (Å²) < 4.78 is 93.1. The number of carbonyl (C=O) groups is 4. The van der Waals surface area contributed by atoms with Gasteiger partial charge in [-0.1, -0.05) is 0 Å². The van der Waals surface area contributed by atoms with Crippen LogP contribution in [0.1, 0.15) is 55.9 Å². The van der Waals surface area contributed by atoms with Crippen LogP contribution in [0.4, 0.5) is 26.3 Å². The Labute approximate surface area is 295 Å². The summed E-state index contributed by atoms with van der Waals surface area (Å²) in [5, 5.41) is 12.3. The molecular weight excluding hydrogens is 706 g/mol. The van der Waals surface area contributed by atoms with Crippen molar-refractivity contribution in [1.29, 1.82) is 0 Å². The van der Waals surface area contributed by atoms with Gasteiger partial charge in [-0.15, -0.1) is 0 Å². The number of rotatable bonds is 9. The number of nitrogens with one attached hydrogen (secondary N) is 1. The summed E-state index contributed by atoms with van der Waals surface area (Å²) in [6, 6.07) is -1.34. The maximum atomic E-state index is 14.3. The molecule has 288 valence electrons. The van der Waals surface area contributed by atoms with Crippen LogP contribution in [0.15, 0.2) is 12.4 Å². The van der Waals surface area contributed by atoms with Crippen LogP contribution in [0.3, 0.4) is 0 Å². The lowest BCUT2D eigenvalue weighted by Crippen LogP contribution is -2.67. The van der Waals surface area contributed by atoms with Crippen LogP contribution in [0.2, 0.25) is 0 Å². The Kier molecular flexibility index (Phi) is 10.4. The van der Waals surface area contributed by atoms with Crippen molar-refractivity contribution in [3.63, 3.8) is 0 Å². The highest BCUT2D eigenvalue weighted by molar-refractivity contribution is 5.95. The van der Waals surface area contributed by atoms with Gasteiger partial charge in [0.05, 0.1) is 36.9 Å². The number of halogens is 6. The average molecular weight is 749 g/mol. The minimum Gasteiger partial charge on any atom is -0.492 e. The fourth-order valence-electron chi connectivity index (χ4n) is 7.86. The van der Waals surface area contributed by atoms with Crippen molar-refractivity contribution in [2.75, 3.05) is 59.1 Å². The zero-order valence-electron chi connectivity index (χ0n) is 28.5. The molecule has 52 heavy (non-hydrogen) atoms. The Bertz CT molecular complexity index is 1500. The number of carbonyl (C=O) groups excluding carboxylic acids is 4. The lowest BCUT2D eigenvalue weighted by atomic mass is 9.70.